The second-order valence-electron chi connectivity index (χ2n) is 4.56. The summed E-state index contributed by atoms with van der Waals surface area (Å²) in [7, 11) is 0. The van der Waals surface area contributed by atoms with E-state index >= 15 is 0 Å². The Morgan fingerprint density at radius 1 is 1.50 bits per heavy atom. The number of amides is 1. The summed E-state index contributed by atoms with van der Waals surface area (Å²) < 4.78 is 0. The van der Waals surface area contributed by atoms with E-state index < -0.39 is 0 Å². The molecule has 3 nitrogen and oxygen atoms in total. The Bertz CT molecular complexity index is 213. The molecule has 2 rings (SSSR count). The molecule has 1 heterocycles. The summed E-state index contributed by atoms with van der Waals surface area (Å²) in [5.74, 6) is 1.12. The Morgan fingerprint density at radius 2 is 2.29 bits per heavy atom. The highest BCUT2D eigenvalue weighted by atomic mass is 16.2. The Balaban J connectivity index is 1.80. The van der Waals surface area contributed by atoms with Gasteiger partial charge in [0.2, 0.25) is 5.91 Å². The summed E-state index contributed by atoms with van der Waals surface area (Å²) in [6.07, 6.45) is 6.07. The number of carbonyl (C=O) groups excluding carboxylic acids is 1. The first-order valence-corrected chi connectivity index (χ1v) is 5.83. The van der Waals surface area contributed by atoms with Gasteiger partial charge >= 0.3 is 0 Å². The first-order valence-electron chi connectivity index (χ1n) is 5.83. The Kier molecular flexibility index (Phi) is 3.06. The largest absolute Gasteiger partial charge is 0.328 e. The van der Waals surface area contributed by atoms with Crippen molar-refractivity contribution < 1.29 is 4.79 Å². The maximum Gasteiger partial charge on any atom is 0.240 e. The van der Waals surface area contributed by atoms with Crippen molar-refractivity contribution in [3.8, 4) is 0 Å². The van der Waals surface area contributed by atoms with Crippen LogP contribution in [-0.2, 0) is 4.79 Å². The Morgan fingerprint density at radius 3 is 2.86 bits per heavy atom. The van der Waals surface area contributed by atoms with E-state index in [4.69, 9.17) is 0 Å². The maximum atomic E-state index is 11.8. The van der Waals surface area contributed by atoms with Gasteiger partial charge < -0.3 is 4.90 Å². The molecule has 1 amide bonds. The molecule has 0 aromatic rings. The van der Waals surface area contributed by atoms with Crippen molar-refractivity contribution in [1.82, 2.24) is 10.2 Å². The summed E-state index contributed by atoms with van der Waals surface area (Å²) in [6, 6.07) is 0.111. The fourth-order valence-electron chi connectivity index (χ4n) is 2.26. The third-order valence-corrected chi connectivity index (χ3v) is 3.42. The normalized spacial score (nSPS) is 28.2. The fourth-order valence-corrected chi connectivity index (χ4v) is 2.26. The topological polar surface area (TPSA) is 32.3 Å². The molecule has 0 aromatic heterocycles. The average Bonchev–Trinajstić information content (AvgIpc) is 2.43. The summed E-state index contributed by atoms with van der Waals surface area (Å²) in [4.78, 5) is 13.8. The van der Waals surface area contributed by atoms with Crippen LogP contribution in [0.25, 0.3) is 0 Å². The van der Waals surface area contributed by atoms with E-state index in [0.29, 0.717) is 5.91 Å². The molecule has 80 valence electrons. The van der Waals surface area contributed by atoms with Crippen molar-refractivity contribution in [3.63, 3.8) is 0 Å². The minimum atomic E-state index is 0.111. The van der Waals surface area contributed by atoms with Crippen LogP contribution in [0.2, 0.25) is 0 Å². The Hall–Kier alpha value is -0.570. The molecule has 14 heavy (non-hydrogen) atoms. The number of hydrogen-bond acceptors (Lipinski definition) is 2. The van der Waals surface area contributed by atoms with Crippen LogP contribution < -0.4 is 5.32 Å². The molecule has 1 aliphatic carbocycles. The lowest BCUT2D eigenvalue weighted by atomic mass is 9.85. The van der Waals surface area contributed by atoms with Gasteiger partial charge in [-0.1, -0.05) is 19.8 Å². The minimum absolute atomic E-state index is 0.111. The van der Waals surface area contributed by atoms with Gasteiger partial charge in [-0.3, -0.25) is 10.1 Å². The van der Waals surface area contributed by atoms with E-state index in [9.17, 15) is 4.79 Å². The molecule has 0 aromatic carbocycles. The van der Waals surface area contributed by atoms with E-state index in [2.05, 4.69) is 12.2 Å². The van der Waals surface area contributed by atoms with E-state index in [1.54, 1.807) is 0 Å². The van der Waals surface area contributed by atoms with E-state index in [1.807, 2.05) is 4.90 Å². The zero-order chi connectivity index (χ0) is 9.97. The van der Waals surface area contributed by atoms with Crippen LogP contribution >= 0.6 is 0 Å². The van der Waals surface area contributed by atoms with Gasteiger partial charge in [0.1, 0.15) is 0 Å². The Labute approximate surface area is 85.8 Å². The summed E-state index contributed by atoms with van der Waals surface area (Å²) >= 11 is 0. The lowest BCUT2D eigenvalue weighted by Crippen LogP contribution is -2.35. The monoisotopic (exact) mass is 196 g/mol. The van der Waals surface area contributed by atoms with Crippen LogP contribution in [-0.4, -0.2) is 30.1 Å². The van der Waals surface area contributed by atoms with Gasteiger partial charge in [0, 0.05) is 6.54 Å². The smallest absolute Gasteiger partial charge is 0.240 e. The predicted molar refractivity (Wildman–Crippen MR) is 55.8 cm³/mol. The molecule has 1 atom stereocenters. The van der Waals surface area contributed by atoms with Crippen LogP contribution in [0.15, 0.2) is 0 Å². The lowest BCUT2D eigenvalue weighted by Gasteiger charge is -2.29. The minimum Gasteiger partial charge on any atom is -0.328 e. The number of nitrogens with one attached hydrogen (secondary N) is 1. The van der Waals surface area contributed by atoms with Crippen molar-refractivity contribution in [2.45, 2.75) is 45.1 Å². The first kappa shape index (κ1) is 9.97. The third-order valence-electron chi connectivity index (χ3n) is 3.42. The van der Waals surface area contributed by atoms with Gasteiger partial charge in [0.15, 0.2) is 0 Å². The molecule has 1 aliphatic heterocycles. The van der Waals surface area contributed by atoms with Crippen molar-refractivity contribution in [3.05, 3.63) is 0 Å². The summed E-state index contributed by atoms with van der Waals surface area (Å²) in [6.45, 7) is 3.90. The SMILES string of the molecule is CCCC1NCN(CC2CCC2)C1=O. The summed E-state index contributed by atoms with van der Waals surface area (Å²) in [5.41, 5.74) is 0. The zero-order valence-corrected chi connectivity index (χ0v) is 8.96. The molecule has 2 fully saturated rings. The summed E-state index contributed by atoms with van der Waals surface area (Å²) in [5, 5.41) is 3.29. The second-order valence-corrected chi connectivity index (χ2v) is 4.56. The van der Waals surface area contributed by atoms with Gasteiger partial charge in [-0.15, -0.1) is 0 Å². The van der Waals surface area contributed by atoms with Gasteiger partial charge in [-0.25, -0.2) is 0 Å². The van der Waals surface area contributed by atoms with Crippen molar-refractivity contribution in [2.24, 2.45) is 5.92 Å². The quantitative estimate of drug-likeness (QED) is 0.736. The standard InChI is InChI=1S/C11H20N2O/c1-2-4-10-11(14)13(8-12-10)7-9-5-3-6-9/h9-10,12H,2-8H2,1H3. The molecular formula is C11H20N2O. The number of rotatable bonds is 4. The highest BCUT2D eigenvalue weighted by Gasteiger charge is 2.32. The molecule has 0 spiro atoms. The van der Waals surface area contributed by atoms with Crippen LogP contribution in [0, 0.1) is 5.92 Å². The average molecular weight is 196 g/mol. The maximum absolute atomic E-state index is 11.8. The molecule has 0 bridgehead atoms. The van der Waals surface area contributed by atoms with Crippen molar-refractivity contribution in [2.75, 3.05) is 13.2 Å². The highest BCUT2D eigenvalue weighted by Crippen LogP contribution is 2.27. The molecule has 1 saturated heterocycles. The fraction of sp³-hybridized carbons (Fsp3) is 0.909. The van der Waals surface area contributed by atoms with Gasteiger partial charge in [0.25, 0.3) is 0 Å². The van der Waals surface area contributed by atoms with Crippen molar-refractivity contribution in [1.29, 1.82) is 0 Å². The number of nitrogens with zero attached hydrogens (tertiary/aromatic N) is 1. The number of hydrogen-bond donors (Lipinski definition) is 1. The molecule has 1 saturated carbocycles. The third kappa shape index (κ3) is 1.92. The van der Waals surface area contributed by atoms with Gasteiger partial charge in [-0.2, -0.15) is 0 Å². The van der Waals surface area contributed by atoms with E-state index in [1.165, 1.54) is 19.3 Å². The first-order chi connectivity index (χ1) is 6.81. The molecule has 0 radical (unpaired) electrons. The van der Waals surface area contributed by atoms with Crippen LogP contribution in [0.5, 0.6) is 0 Å². The zero-order valence-electron chi connectivity index (χ0n) is 8.96. The molecule has 3 heteroatoms. The highest BCUT2D eigenvalue weighted by molar-refractivity contribution is 5.83. The molecule has 1 unspecified atom stereocenters. The molecule has 1 N–H and O–H groups in total. The van der Waals surface area contributed by atoms with E-state index in [0.717, 1.165) is 32.0 Å². The lowest BCUT2D eigenvalue weighted by molar-refractivity contribution is -0.129. The molecule has 2 aliphatic rings. The number of carbonyl (C=O) groups is 1. The van der Waals surface area contributed by atoms with Crippen LogP contribution in [0.3, 0.4) is 0 Å². The van der Waals surface area contributed by atoms with Gasteiger partial charge in [-0.05, 0) is 25.2 Å². The van der Waals surface area contributed by atoms with Gasteiger partial charge in [0.05, 0.1) is 12.7 Å². The van der Waals surface area contributed by atoms with E-state index in [-0.39, 0.29) is 6.04 Å². The second kappa shape index (κ2) is 4.30. The van der Waals surface area contributed by atoms with Crippen molar-refractivity contribution >= 4 is 5.91 Å². The van der Waals surface area contributed by atoms with Crippen LogP contribution in [0.1, 0.15) is 39.0 Å². The predicted octanol–water partition coefficient (Wildman–Crippen LogP) is 1.34. The molecular weight excluding hydrogens is 176 g/mol. The van der Waals surface area contributed by atoms with Crippen LogP contribution in [0.4, 0.5) is 0 Å².